The largest absolute Gasteiger partial charge is 0.324 e. The molecule has 2 fully saturated rings. The van der Waals surface area contributed by atoms with E-state index in [1.165, 1.54) is 32.4 Å². The minimum absolute atomic E-state index is 0.00695. The Morgan fingerprint density at radius 3 is 2.50 bits per heavy atom. The minimum atomic E-state index is 0.00695. The summed E-state index contributed by atoms with van der Waals surface area (Å²) in [5, 5.41) is 3.67. The van der Waals surface area contributed by atoms with Crippen molar-refractivity contribution in [1.82, 2.24) is 10.2 Å². The second kappa shape index (κ2) is 5.03. The lowest BCUT2D eigenvalue weighted by Gasteiger charge is -2.29. The van der Waals surface area contributed by atoms with Gasteiger partial charge in [0, 0.05) is 37.3 Å². The van der Waals surface area contributed by atoms with Crippen LogP contribution in [0.25, 0.3) is 0 Å². The van der Waals surface area contributed by atoms with Gasteiger partial charge in [-0.15, -0.1) is 0 Å². The number of hydrogen-bond donors (Lipinski definition) is 2. The third-order valence-corrected chi connectivity index (χ3v) is 4.43. The summed E-state index contributed by atoms with van der Waals surface area (Å²) in [5.74, 6) is 0. The number of likely N-dealkylation sites (tertiary alicyclic amines) is 1. The number of hydrogen-bond acceptors (Lipinski definition) is 3. The number of nitrogens with two attached hydrogens (primary N) is 1. The Bertz CT molecular complexity index is 221. The molecule has 16 heavy (non-hydrogen) atoms. The maximum atomic E-state index is 6.31. The summed E-state index contributed by atoms with van der Waals surface area (Å²) in [6, 6.07) is 1.61. The van der Waals surface area contributed by atoms with E-state index in [1.807, 2.05) is 0 Å². The van der Waals surface area contributed by atoms with Gasteiger partial charge in [0.05, 0.1) is 0 Å². The van der Waals surface area contributed by atoms with Gasteiger partial charge < -0.3 is 11.1 Å². The Morgan fingerprint density at radius 2 is 1.94 bits per heavy atom. The van der Waals surface area contributed by atoms with Gasteiger partial charge in [0.2, 0.25) is 0 Å². The highest BCUT2D eigenvalue weighted by molar-refractivity contribution is 4.93. The molecule has 0 amide bonds. The van der Waals surface area contributed by atoms with E-state index >= 15 is 0 Å². The first kappa shape index (κ1) is 12.3. The van der Waals surface area contributed by atoms with E-state index in [4.69, 9.17) is 5.73 Å². The number of rotatable bonds is 6. The molecular weight excluding hydrogens is 198 g/mol. The molecule has 3 heteroatoms. The lowest BCUT2D eigenvalue weighted by molar-refractivity contribution is 0.305. The quantitative estimate of drug-likeness (QED) is 0.716. The van der Waals surface area contributed by atoms with Crippen molar-refractivity contribution in [2.75, 3.05) is 19.6 Å². The highest BCUT2D eigenvalue weighted by Crippen LogP contribution is 2.29. The first-order chi connectivity index (χ1) is 7.67. The predicted octanol–water partition coefficient (Wildman–Crippen LogP) is 1.33. The van der Waals surface area contributed by atoms with Crippen molar-refractivity contribution in [2.45, 2.75) is 63.6 Å². The molecule has 0 aromatic heterocycles. The molecule has 1 atom stereocenters. The number of nitrogens with one attached hydrogen (secondary N) is 1. The Hall–Kier alpha value is -0.120. The first-order valence-electron chi connectivity index (χ1n) is 6.93. The molecule has 0 bridgehead atoms. The molecular formula is C13H27N3. The fraction of sp³-hybridized carbons (Fsp3) is 1.00. The average molecular weight is 225 g/mol. The summed E-state index contributed by atoms with van der Waals surface area (Å²) in [6.45, 7) is 7.89. The predicted molar refractivity (Wildman–Crippen MR) is 68.5 cm³/mol. The van der Waals surface area contributed by atoms with E-state index in [2.05, 4.69) is 24.1 Å². The minimum Gasteiger partial charge on any atom is -0.324 e. The van der Waals surface area contributed by atoms with E-state index in [0.29, 0.717) is 6.04 Å². The Labute approximate surface area is 99.8 Å². The van der Waals surface area contributed by atoms with Crippen LogP contribution in [0.2, 0.25) is 0 Å². The van der Waals surface area contributed by atoms with Crippen LogP contribution in [0.5, 0.6) is 0 Å². The summed E-state index contributed by atoms with van der Waals surface area (Å²) in [4.78, 5) is 2.65. The van der Waals surface area contributed by atoms with Crippen LogP contribution in [0.4, 0.5) is 0 Å². The van der Waals surface area contributed by atoms with Gasteiger partial charge in [-0.2, -0.15) is 0 Å². The molecule has 3 N–H and O–H groups in total. The third kappa shape index (κ3) is 2.96. The van der Waals surface area contributed by atoms with Crippen LogP contribution in [-0.2, 0) is 0 Å². The van der Waals surface area contributed by atoms with Crippen molar-refractivity contribution in [3.63, 3.8) is 0 Å². The van der Waals surface area contributed by atoms with Crippen molar-refractivity contribution in [3.05, 3.63) is 0 Å². The van der Waals surface area contributed by atoms with Crippen molar-refractivity contribution in [3.8, 4) is 0 Å². The topological polar surface area (TPSA) is 41.3 Å². The van der Waals surface area contributed by atoms with Gasteiger partial charge in [-0.1, -0.05) is 13.8 Å². The monoisotopic (exact) mass is 225 g/mol. The fourth-order valence-electron chi connectivity index (χ4n) is 2.57. The van der Waals surface area contributed by atoms with E-state index in [0.717, 1.165) is 25.4 Å². The van der Waals surface area contributed by atoms with Crippen LogP contribution in [0.1, 0.15) is 46.0 Å². The second-order valence-electron chi connectivity index (χ2n) is 5.66. The smallest absolute Gasteiger partial charge is 0.0275 e. The van der Waals surface area contributed by atoms with Gasteiger partial charge in [0.25, 0.3) is 0 Å². The molecule has 1 aliphatic heterocycles. The molecule has 0 aromatic rings. The zero-order valence-electron chi connectivity index (χ0n) is 10.8. The van der Waals surface area contributed by atoms with Gasteiger partial charge in [-0.05, 0) is 32.1 Å². The summed E-state index contributed by atoms with van der Waals surface area (Å²) in [7, 11) is 0. The van der Waals surface area contributed by atoms with Crippen molar-refractivity contribution >= 4 is 0 Å². The SMILES string of the molecule is CCC(N)(CC)CNC1CCN(C2CC2)C1. The molecule has 1 aliphatic carbocycles. The molecule has 94 valence electrons. The molecule has 3 nitrogen and oxygen atoms in total. The molecule has 2 aliphatic rings. The normalized spacial score (nSPS) is 27.6. The molecule has 0 radical (unpaired) electrons. The summed E-state index contributed by atoms with van der Waals surface area (Å²) < 4.78 is 0. The average Bonchev–Trinajstić information content (AvgIpc) is 3.06. The zero-order valence-corrected chi connectivity index (χ0v) is 10.8. The summed E-state index contributed by atoms with van der Waals surface area (Å²) in [5.41, 5.74) is 6.31. The van der Waals surface area contributed by atoms with Gasteiger partial charge in [0.15, 0.2) is 0 Å². The van der Waals surface area contributed by atoms with E-state index < -0.39 is 0 Å². The standard InChI is InChI=1S/C13H27N3/c1-3-13(14,4-2)10-15-11-7-8-16(9-11)12-5-6-12/h11-12,15H,3-10,14H2,1-2H3. The molecule has 1 saturated heterocycles. The van der Waals surface area contributed by atoms with Crippen LogP contribution < -0.4 is 11.1 Å². The molecule has 0 spiro atoms. The first-order valence-corrected chi connectivity index (χ1v) is 6.93. The van der Waals surface area contributed by atoms with Crippen LogP contribution in [0.3, 0.4) is 0 Å². The maximum absolute atomic E-state index is 6.31. The second-order valence-corrected chi connectivity index (χ2v) is 5.66. The van der Waals surface area contributed by atoms with Crippen LogP contribution >= 0.6 is 0 Å². The van der Waals surface area contributed by atoms with Crippen molar-refractivity contribution in [2.24, 2.45) is 5.73 Å². The third-order valence-electron chi connectivity index (χ3n) is 4.43. The molecule has 0 aromatic carbocycles. The van der Waals surface area contributed by atoms with Crippen molar-refractivity contribution < 1.29 is 0 Å². The Balaban J connectivity index is 1.70. The molecule has 2 rings (SSSR count). The van der Waals surface area contributed by atoms with E-state index in [-0.39, 0.29) is 5.54 Å². The highest BCUT2D eigenvalue weighted by Gasteiger charge is 2.34. The van der Waals surface area contributed by atoms with E-state index in [1.54, 1.807) is 0 Å². The van der Waals surface area contributed by atoms with Crippen LogP contribution in [0, 0.1) is 0 Å². The highest BCUT2D eigenvalue weighted by atomic mass is 15.2. The van der Waals surface area contributed by atoms with Gasteiger partial charge in [-0.3, -0.25) is 4.90 Å². The van der Waals surface area contributed by atoms with Crippen molar-refractivity contribution in [1.29, 1.82) is 0 Å². The van der Waals surface area contributed by atoms with Gasteiger partial charge in [-0.25, -0.2) is 0 Å². The lowest BCUT2D eigenvalue weighted by atomic mass is 9.94. The van der Waals surface area contributed by atoms with Crippen LogP contribution in [-0.4, -0.2) is 42.2 Å². The van der Waals surface area contributed by atoms with E-state index in [9.17, 15) is 0 Å². The Morgan fingerprint density at radius 1 is 1.25 bits per heavy atom. The molecule has 1 unspecified atom stereocenters. The van der Waals surface area contributed by atoms with Gasteiger partial charge >= 0.3 is 0 Å². The fourth-order valence-corrected chi connectivity index (χ4v) is 2.57. The zero-order chi connectivity index (χ0) is 11.6. The lowest BCUT2D eigenvalue weighted by Crippen LogP contribution is -2.50. The Kier molecular flexibility index (Phi) is 3.88. The number of nitrogens with zero attached hydrogens (tertiary/aromatic N) is 1. The molecule has 1 heterocycles. The summed E-state index contributed by atoms with van der Waals surface area (Å²) in [6.07, 6.45) is 6.29. The van der Waals surface area contributed by atoms with Crippen LogP contribution in [0.15, 0.2) is 0 Å². The van der Waals surface area contributed by atoms with Gasteiger partial charge in [0.1, 0.15) is 0 Å². The summed E-state index contributed by atoms with van der Waals surface area (Å²) >= 11 is 0. The molecule has 1 saturated carbocycles. The maximum Gasteiger partial charge on any atom is 0.0275 e.